The van der Waals surface area contributed by atoms with Crippen LogP contribution in [0.25, 0.3) is 11.4 Å². The van der Waals surface area contributed by atoms with E-state index >= 15 is 0 Å². The molecule has 0 unspecified atom stereocenters. The van der Waals surface area contributed by atoms with Crippen molar-refractivity contribution in [3.8, 4) is 11.4 Å². The molecule has 3 aromatic rings. The molecule has 1 aromatic heterocycles. The SMILES string of the molecule is C[C@@H](NC(=O)c1ccc(F)cc1F)c1nc(-c2cccc(F)c2)no1. The first-order valence-electron chi connectivity index (χ1n) is 7.29. The molecular formula is C17H12F3N3O2. The van der Waals surface area contributed by atoms with Crippen molar-refractivity contribution in [2.24, 2.45) is 0 Å². The van der Waals surface area contributed by atoms with Gasteiger partial charge in [-0.25, -0.2) is 13.2 Å². The van der Waals surface area contributed by atoms with Crippen molar-refractivity contribution in [2.45, 2.75) is 13.0 Å². The number of hydrogen-bond acceptors (Lipinski definition) is 4. The van der Waals surface area contributed by atoms with Gasteiger partial charge in [-0.05, 0) is 31.2 Å². The van der Waals surface area contributed by atoms with Gasteiger partial charge in [0.25, 0.3) is 5.91 Å². The van der Waals surface area contributed by atoms with Gasteiger partial charge in [-0.15, -0.1) is 0 Å². The minimum atomic E-state index is -0.976. The number of halogens is 3. The summed E-state index contributed by atoms with van der Waals surface area (Å²) in [5.41, 5.74) is 0.108. The van der Waals surface area contributed by atoms with Crippen molar-refractivity contribution in [1.82, 2.24) is 15.5 Å². The fourth-order valence-corrected chi connectivity index (χ4v) is 2.17. The maximum Gasteiger partial charge on any atom is 0.254 e. The van der Waals surface area contributed by atoms with Crippen molar-refractivity contribution in [2.75, 3.05) is 0 Å². The van der Waals surface area contributed by atoms with Gasteiger partial charge < -0.3 is 9.84 Å². The number of carbonyl (C=O) groups excluding carboxylic acids is 1. The van der Waals surface area contributed by atoms with Crippen molar-refractivity contribution < 1.29 is 22.5 Å². The zero-order valence-electron chi connectivity index (χ0n) is 13.0. The van der Waals surface area contributed by atoms with E-state index in [1.165, 1.54) is 18.2 Å². The molecule has 0 radical (unpaired) electrons. The third-order valence-corrected chi connectivity index (χ3v) is 3.42. The molecule has 1 atom stereocenters. The molecule has 3 rings (SSSR count). The summed E-state index contributed by atoms with van der Waals surface area (Å²) >= 11 is 0. The summed E-state index contributed by atoms with van der Waals surface area (Å²) in [5, 5.41) is 6.21. The molecule has 1 heterocycles. The molecule has 5 nitrogen and oxygen atoms in total. The smallest absolute Gasteiger partial charge is 0.254 e. The van der Waals surface area contributed by atoms with E-state index in [4.69, 9.17) is 4.52 Å². The predicted molar refractivity (Wildman–Crippen MR) is 81.9 cm³/mol. The van der Waals surface area contributed by atoms with Crippen LogP contribution in [0.15, 0.2) is 47.0 Å². The minimum Gasteiger partial charge on any atom is -0.340 e. The van der Waals surface area contributed by atoms with Gasteiger partial charge in [-0.2, -0.15) is 4.98 Å². The summed E-state index contributed by atoms with van der Waals surface area (Å²) in [5.74, 6) is -2.74. The second kappa shape index (κ2) is 6.76. The monoisotopic (exact) mass is 347 g/mol. The molecule has 0 aliphatic rings. The normalized spacial score (nSPS) is 12.0. The Morgan fingerprint density at radius 3 is 2.60 bits per heavy atom. The molecule has 2 aromatic carbocycles. The van der Waals surface area contributed by atoms with E-state index < -0.39 is 29.4 Å². The lowest BCUT2D eigenvalue weighted by Crippen LogP contribution is -2.27. The van der Waals surface area contributed by atoms with Crippen LogP contribution in [0.5, 0.6) is 0 Å². The molecule has 128 valence electrons. The molecule has 0 spiro atoms. The van der Waals surface area contributed by atoms with E-state index in [1.807, 2.05) is 0 Å². The van der Waals surface area contributed by atoms with Crippen LogP contribution < -0.4 is 5.32 Å². The van der Waals surface area contributed by atoms with Gasteiger partial charge in [0.1, 0.15) is 23.5 Å². The Morgan fingerprint density at radius 2 is 1.88 bits per heavy atom. The van der Waals surface area contributed by atoms with E-state index in [-0.39, 0.29) is 17.3 Å². The first-order valence-corrected chi connectivity index (χ1v) is 7.29. The van der Waals surface area contributed by atoms with Crippen LogP contribution in [-0.2, 0) is 0 Å². The van der Waals surface area contributed by atoms with Gasteiger partial charge in [-0.1, -0.05) is 17.3 Å². The quantitative estimate of drug-likeness (QED) is 0.782. The number of carbonyl (C=O) groups is 1. The van der Waals surface area contributed by atoms with Gasteiger partial charge in [0.15, 0.2) is 0 Å². The first kappa shape index (κ1) is 16.7. The van der Waals surface area contributed by atoms with Crippen LogP contribution in [-0.4, -0.2) is 16.0 Å². The molecule has 0 aliphatic heterocycles. The molecule has 0 bridgehead atoms. The lowest BCUT2D eigenvalue weighted by Gasteiger charge is -2.10. The van der Waals surface area contributed by atoms with E-state index in [1.54, 1.807) is 13.0 Å². The molecule has 0 saturated heterocycles. The Morgan fingerprint density at radius 1 is 1.12 bits per heavy atom. The standard InChI is InChI=1S/C17H12F3N3O2/c1-9(21-16(24)13-6-5-12(19)8-14(13)20)17-22-15(23-25-17)10-3-2-4-11(18)7-10/h2-9H,1H3,(H,21,24)/t9-/m1/s1. The molecular weight excluding hydrogens is 335 g/mol. The van der Waals surface area contributed by atoms with E-state index in [0.717, 1.165) is 12.1 Å². The number of aromatic nitrogens is 2. The minimum absolute atomic E-state index is 0.0649. The largest absolute Gasteiger partial charge is 0.340 e. The van der Waals surface area contributed by atoms with Crippen molar-refractivity contribution in [3.05, 3.63) is 71.4 Å². The molecule has 8 heteroatoms. The first-order chi connectivity index (χ1) is 11.9. The second-order valence-electron chi connectivity index (χ2n) is 5.29. The Bertz CT molecular complexity index is 927. The lowest BCUT2D eigenvalue weighted by molar-refractivity contribution is 0.0928. The van der Waals surface area contributed by atoms with Crippen LogP contribution in [0.3, 0.4) is 0 Å². The highest BCUT2D eigenvalue weighted by Crippen LogP contribution is 2.20. The Labute approximate surface area is 140 Å². The van der Waals surface area contributed by atoms with Gasteiger partial charge in [0, 0.05) is 11.6 Å². The average Bonchev–Trinajstić information content (AvgIpc) is 3.04. The Balaban J connectivity index is 1.75. The fourth-order valence-electron chi connectivity index (χ4n) is 2.17. The van der Waals surface area contributed by atoms with Gasteiger partial charge >= 0.3 is 0 Å². The Hall–Kier alpha value is -3.16. The van der Waals surface area contributed by atoms with Crippen LogP contribution in [0.1, 0.15) is 29.2 Å². The molecule has 0 saturated carbocycles. The summed E-state index contributed by atoms with van der Waals surface area (Å²) in [4.78, 5) is 16.2. The number of benzene rings is 2. The highest BCUT2D eigenvalue weighted by molar-refractivity contribution is 5.94. The van der Waals surface area contributed by atoms with Gasteiger partial charge in [-0.3, -0.25) is 4.79 Å². The lowest BCUT2D eigenvalue weighted by atomic mass is 10.2. The summed E-state index contributed by atoms with van der Waals surface area (Å²) in [7, 11) is 0. The summed E-state index contributed by atoms with van der Waals surface area (Å²) in [6.45, 7) is 1.56. The maximum atomic E-state index is 13.6. The summed E-state index contributed by atoms with van der Waals surface area (Å²) in [6.07, 6.45) is 0. The van der Waals surface area contributed by atoms with Crippen LogP contribution >= 0.6 is 0 Å². The highest BCUT2D eigenvalue weighted by atomic mass is 19.1. The number of hydrogen-bond donors (Lipinski definition) is 1. The van der Waals surface area contributed by atoms with Crippen LogP contribution in [0.4, 0.5) is 13.2 Å². The van der Waals surface area contributed by atoms with Crippen molar-refractivity contribution >= 4 is 5.91 Å². The maximum absolute atomic E-state index is 13.6. The van der Waals surface area contributed by atoms with Crippen LogP contribution in [0, 0.1) is 17.5 Å². The summed E-state index contributed by atoms with van der Waals surface area (Å²) in [6, 6.07) is 7.55. The van der Waals surface area contributed by atoms with E-state index in [9.17, 15) is 18.0 Å². The molecule has 1 N–H and O–H groups in total. The third kappa shape index (κ3) is 3.68. The summed E-state index contributed by atoms with van der Waals surface area (Å²) < 4.78 is 44.8. The van der Waals surface area contributed by atoms with Crippen molar-refractivity contribution in [3.63, 3.8) is 0 Å². The number of nitrogens with one attached hydrogen (secondary N) is 1. The Kier molecular flexibility index (Phi) is 4.51. The number of nitrogens with zero attached hydrogens (tertiary/aromatic N) is 2. The number of amides is 1. The fraction of sp³-hybridized carbons (Fsp3) is 0.118. The predicted octanol–water partition coefficient (Wildman–Crippen LogP) is 3.64. The van der Waals surface area contributed by atoms with E-state index in [0.29, 0.717) is 11.6 Å². The van der Waals surface area contributed by atoms with Crippen molar-refractivity contribution in [1.29, 1.82) is 0 Å². The number of rotatable bonds is 4. The zero-order valence-corrected chi connectivity index (χ0v) is 13.0. The molecule has 0 fully saturated rings. The molecule has 25 heavy (non-hydrogen) atoms. The van der Waals surface area contributed by atoms with Gasteiger partial charge in [0.2, 0.25) is 11.7 Å². The zero-order chi connectivity index (χ0) is 18.0. The average molecular weight is 347 g/mol. The van der Waals surface area contributed by atoms with Gasteiger partial charge in [0.05, 0.1) is 5.56 Å². The highest BCUT2D eigenvalue weighted by Gasteiger charge is 2.20. The second-order valence-corrected chi connectivity index (χ2v) is 5.29. The molecule has 0 aliphatic carbocycles. The van der Waals surface area contributed by atoms with E-state index in [2.05, 4.69) is 15.5 Å². The topological polar surface area (TPSA) is 68.0 Å². The third-order valence-electron chi connectivity index (χ3n) is 3.42. The molecule has 1 amide bonds. The van der Waals surface area contributed by atoms with Crippen LogP contribution in [0.2, 0.25) is 0 Å².